The molecule has 1 N–H and O–H groups in total. The van der Waals surface area contributed by atoms with Gasteiger partial charge in [0, 0.05) is 56.2 Å². The second kappa shape index (κ2) is 11.4. The van der Waals surface area contributed by atoms with Gasteiger partial charge in [-0.05, 0) is 59.6 Å². The van der Waals surface area contributed by atoms with Crippen LogP contribution >= 0.6 is 0 Å². The predicted octanol–water partition coefficient (Wildman–Crippen LogP) is 4.38. The Morgan fingerprint density at radius 2 is 1.92 bits per heavy atom. The van der Waals surface area contributed by atoms with E-state index in [2.05, 4.69) is 25.3 Å². The number of halogens is 1. The molecule has 1 fully saturated rings. The zero-order chi connectivity index (χ0) is 28.3. The number of piperidine rings is 1. The molecule has 1 aliphatic heterocycles. The van der Waals surface area contributed by atoms with Gasteiger partial charge in [0.2, 0.25) is 11.8 Å². The maximum absolute atomic E-state index is 14.5. The van der Waals surface area contributed by atoms with Crippen molar-refractivity contribution < 1.29 is 23.5 Å². The summed E-state index contributed by atoms with van der Waals surface area (Å²) in [6, 6.07) is 2.99. The van der Waals surface area contributed by atoms with E-state index in [9.17, 15) is 14.0 Å². The van der Waals surface area contributed by atoms with E-state index in [0.29, 0.717) is 37.6 Å². The SMILES string of the molecule is CCOc1nc(N(CC)C2CCN(C(=O)OC(C)(C)C)CC2)ncc1C(=O)Nc1cc(F)c2nn(C)cc2c1. The van der Waals surface area contributed by atoms with Gasteiger partial charge in [-0.1, -0.05) is 0 Å². The maximum atomic E-state index is 14.5. The fourth-order valence-electron chi connectivity index (χ4n) is 4.63. The first-order chi connectivity index (χ1) is 18.5. The maximum Gasteiger partial charge on any atom is 0.410 e. The van der Waals surface area contributed by atoms with E-state index in [-0.39, 0.29) is 34.8 Å². The molecule has 0 unspecified atom stereocenters. The molecule has 4 rings (SSSR count). The Hall–Kier alpha value is -3.96. The monoisotopic (exact) mass is 541 g/mol. The molecule has 0 atom stereocenters. The first kappa shape index (κ1) is 28.1. The van der Waals surface area contributed by atoms with Crippen LogP contribution < -0.4 is 15.0 Å². The van der Waals surface area contributed by atoms with Crippen LogP contribution in [-0.2, 0) is 11.8 Å². The van der Waals surface area contributed by atoms with Crippen molar-refractivity contribution >= 4 is 34.5 Å². The minimum absolute atomic E-state index is 0.108. The molecule has 39 heavy (non-hydrogen) atoms. The molecule has 2 aromatic heterocycles. The van der Waals surface area contributed by atoms with E-state index < -0.39 is 17.3 Å². The Morgan fingerprint density at radius 1 is 1.21 bits per heavy atom. The molecule has 1 saturated heterocycles. The van der Waals surface area contributed by atoms with Crippen LogP contribution in [0.5, 0.6) is 5.88 Å². The van der Waals surface area contributed by atoms with Crippen molar-refractivity contribution in [3.63, 3.8) is 0 Å². The fourth-order valence-corrected chi connectivity index (χ4v) is 4.63. The highest BCUT2D eigenvalue weighted by Gasteiger charge is 2.31. The number of aromatic nitrogens is 4. The normalized spacial score (nSPS) is 14.4. The third-order valence-electron chi connectivity index (χ3n) is 6.36. The van der Waals surface area contributed by atoms with Crippen LogP contribution in [0.25, 0.3) is 10.9 Å². The highest BCUT2D eigenvalue weighted by molar-refractivity contribution is 6.06. The van der Waals surface area contributed by atoms with Crippen molar-refractivity contribution in [2.75, 3.05) is 36.5 Å². The molecule has 210 valence electrons. The van der Waals surface area contributed by atoms with Gasteiger partial charge in [0.05, 0.1) is 6.61 Å². The molecule has 1 aliphatic rings. The average molecular weight is 542 g/mol. The highest BCUT2D eigenvalue weighted by atomic mass is 19.1. The number of anilines is 2. The molecular weight excluding hydrogens is 505 g/mol. The molecule has 0 spiro atoms. The van der Waals surface area contributed by atoms with Gasteiger partial charge < -0.3 is 24.6 Å². The summed E-state index contributed by atoms with van der Waals surface area (Å²) >= 11 is 0. The van der Waals surface area contributed by atoms with Crippen LogP contribution in [0.3, 0.4) is 0 Å². The highest BCUT2D eigenvalue weighted by Crippen LogP contribution is 2.27. The second-order valence-electron chi connectivity index (χ2n) is 10.5. The number of amides is 2. The van der Waals surface area contributed by atoms with Gasteiger partial charge in [0.25, 0.3) is 5.91 Å². The summed E-state index contributed by atoms with van der Waals surface area (Å²) in [6.45, 7) is 11.4. The standard InChI is InChI=1S/C27H36FN7O4/c1-7-35(19-9-11-34(12-10-19)26(37)39-27(3,4)5)25-29-15-20(24(31-25)38-8-2)23(36)30-18-13-17-16-33(6)32-22(17)21(28)14-18/h13-16,19H,7-12H2,1-6H3,(H,30,36). The number of hydrogen-bond acceptors (Lipinski definition) is 8. The van der Waals surface area contributed by atoms with E-state index in [0.717, 1.165) is 12.8 Å². The van der Waals surface area contributed by atoms with Crippen molar-refractivity contribution in [2.45, 2.75) is 59.1 Å². The molecule has 11 nitrogen and oxygen atoms in total. The summed E-state index contributed by atoms with van der Waals surface area (Å²) in [5.74, 6) is -0.457. The average Bonchev–Trinajstić information content (AvgIpc) is 3.25. The molecule has 3 aromatic rings. The number of carbonyl (C=O) groups excluding carboxylic acids is 2. The first-order valence-electron chi connectivity index (χ1n) is 13.2. The van der Waals surface area contributed by atoms with Crippen molar-refractivity contribution in [1.29, 1.82) is 0 Å². The Labute approximate surface area is 227 Å². The Balaban J connectivity index is 1.49. The fraction of sp³-hybridized carbons (Fsp3) is 0.519. The summed E-state index contributed by atoms with van der Waals surface area (Å²) in [5, 5.41) is 7.38. The van der Waals surface area contributed by atoms with Gasteiger partial charge in [-0.25, -0.2) is 14.2 Å². The molecule has 12 heteroatoms. The lowest BCUT2D eigenvalue weighted by atomic mass is 10.0. The quantitative estimate of drug-likeness (QED) is 0.469. The van der Waals surface area contributed by atoms with Crippen LogP contribution in [0.2, 0.25) is 0 Å². The van der Waals surface area contributed by atoms with E-state index >= 15 is 0 Å². The molecule has 0 aliphatic carbocycles. The number of likely N-dealkylation sites (tertiary alicyclic amines) is 1. The molecule has 3 heterocycles. The van der Waals surface area contributed by atoms with Crippen molar-refractivity contribution in [3.8, 4) is 5.88 Å². The van der Waals surface area contributed by atoms with Crippen LogP contribution in [0.1, 0.15) is 57.8 Å². The second-order valence-corrected chi connectivity index (χ2v) is 10.5. The van der Waals surface area contributed by atoms with Gasteiger partial charge in [0.15, 0.2) is 5.82 Å². The molecule has 0 saturated carbocycles. The molecule has 2 amide bonds. The van der Waals surface area contributed by atoms with Crippen LogP contribution in [0.15, 0.2) is 24.5 Å². The topological polar surface area (TPSA) is 115 Å². The first-order valence-corrected chi connectivity index (χ1v) is 13.2. The Kier molecular flexibility index (Phi) is 8.22. The Morgan fingerprint density at radius 3 is 2.56 bits per heavy atom. The minimum atomic E-state index is -0.541. The van der Waals surface area contributed by atoms with Crippen molar-refractivity contribution in [3.05, 3.63) is 35.9 Å². The lowest BCUT2D eigenvalue weighted by molar-refractivity contribution is 0.0204. The van der Waals surface area contributed by atoms with Gasteiger partial charge >= 0.3 is 6.09 Å². The van der Waals surface area contributed by atoms with Gasteiger partial charge in [-0.15, -0.1) is 0 Å². The largest absolute Gasteiger partial charge is 0.477 e. The van der Waals surface area contributed by atoms with Crippen LogP contribution in [0, 0.1) is 5.82 Å². The molecule has 0 radical (unpaired) electrons. The van der Waals surface area contributed by atoms with Crippen molar-refractivity contribution in [1.82, 2.24) is 24.6 Å². The third kappa shape index (κ3) is 6.55. The molecule has 0 bridgehead atoms. The van der Waals surface area contributed by atoms with E-state index in [1.54, 1.807) is 31.1 Å². The summed E-state index contributed by atoms with van der Waals surface area (Å²) in [7, 11) is 1.70. The van der Waals surface area contributed by atoms with Gasteiger partial charge in [-0.2, -0.15) is 10.1 Å². The van der Waals surface area contributed by atoms with Gasteiger partial charge in [0.1, 0.15) is 16.7 Å². The summed E-state index contributed by atoms with van der Waals surface area (Å²) in [4.78, 5) is 38.4. The molecular formula is C27H36FN7O4. The zero-order valence-electron chi connectivity index (χ0n) is 23.3. The number of ether oxygens (including phenoxy) is 2. The zero-order valence-corrected chi connectivity index (χ0v) is 23.3. The summed E-state index contributed by atoms with van der Waals surface area (Å²) in [5.41, 5.74) is 0.120. The number of hydrogen-bond donors (Lipinski definition) is 1. The van der Waals surface area contributed by atoms with Crippen LogP contribution in [0.4, 0.5) is 20.8 Å². The number of benzene rings is 1. The van der Waals surface area contributed by atoms with E-state index in [1.807, 2.05) is 27.7 Å². The number of rotatable bonds is 7. The van der Waals surface area contributed by atoms with Crippen LogP contribution in [-0.4, -0.2) is 74.5 Å². The number of nitrogens with one attached hydrogen (secondary N) is 1. The number of aryl methyl sites for hydroxylation is 1. The van der Waals surface area contributed by atoms with Gasteiger partial charge in [-0.3, -0.25) is 9.48 Å². The third-order valence-corrected chi connectivity index (χ3v) is 6.36. The Bertz CT molecular complexity index is 1350. The minimum Gasteiger partial charge on any atom is -0.477 e. The number of carbonyl (C=O) groups is 2. The smallest absolute Gasteiger partial charge is 0.410 e. The van der Waals surface area contributed by atoms with E-state index in [4.69, 9.17) is 9.47 Å². The molecule has 1 aromatic carbocycles. The predicted molar refractivity (Wildman–Crippen MR) is 146 cm³/mol. The lowest BCUT2D eigenvalue weighted by Crippen LogP contribution is -2.48. The number of nitrogens with zero attached hydrogens (tertiary/aromatic N) is 6. The lowest BCUT2D eigenvalue weighted by Gasteiger charge is -2.38. The van der Waals surface area contributed by atoms with Crippen molar-refractivity contribution in [2.24, 2.45) is 7.05 Å². The van der Waals surface area contributed by atoms with E-state index in [1.165, 1.54) is 16.9 Å². The summed E-state index contributed by atoms with van der Waals surface area (Å²) in [6.07, 6.45) is 4.25. The summed E-state index contributed by atoms with van der Waals surface area (Å²) < 4.78 is 27.2. The number of fused-ring (bicyclic) bond motifs is 1.